The maximum Gasteiger partial charge on any atom is 0.236 e. The van der Waals surface area contributed by atoms with Crippen LogP contribution in [0, 0.1) is 6.92 Å². The second kappa shape index (κ2) is 5.12. The predicted molar refractivity (Wildman–Crippen MR) is 84.9 cm³/mol. The number of carbonyl (C=O) groups excluding carboxylic acids is 1. The Balaban J connectivity index is 1.59. The lowest BCUT2D eigenvalue weighted by Crippen LogP contribution is -2.28. The lowest BCUT2D eigenvalue weighted by atomic mass is 10.0. The molecule has 0 spiro atoms. The number of nitrogens with one attached hydrogen (secondary N) is 1. The molecular weight excluding hydrogens is 292 g/mol. The molecule has 23 heavy (non-hydrogen) atoms. The predicted octanol–water partition coefficient (Wildman–Crippen LogP) is 3.91. The summed E-state index contributed by atoms with van der Waals surface area (Å²) in [5.74, 6) is 1.12. The van der Waals surface area contributed by atoms with Crippen LogP contribution in [-0.2, 0) is 10.2 Å². The van der Waals surface area contributed by atoms with Crippen molar-refractivity contribution in [1.82, 2.24) is 5.16 Å². The van der Waals surface area contributed by atoms with Gasteiger partial charge < -0.3 is 14.3 Å². The molecule has 0 bridgehead atoms. The number of anilines is 1. The number of rotatable bonds is 4. The molecule has 1 aliphatic rings. The summed E-state index contributed by atoms with van der Waals surface area (Å²) in [6, 6.07) is 13.1. The van der Waals surface area contributed by atoms with Gasteiger partial charge in [-0.25, -0.2) is 0 Å². The summed E-state index contributed by atoms with van der Waals surface area (Å²) in [7, 11) is 0. The molecule has 0 saturated heterocycles. The number of aryl methyl sites for hydroxylation is 1. The molecule has 1 fully saturated rings. The van der Waals surface area contributed by atoms with Gasteiger partial charge in [-0.1, -0.05) is 23.4 Å². The molecular formula is C18H16N2O3. The van der Waals surface area contributed by atoms with E-state index in [9.17, 15) is 4.79 Å². The fourth-order valence-electron chi connectivity index (χ4n) is 2.72. The van der Waals surface area contributed by atoms with E-state index in [1.54, 1.807) is 24.5 Å². The van der Waals surface area contributed by atoms with Crippen molar-refractivity contribution < 1.29 is 13.7 Å². The smallest absolute Gasteiger partial charge is 0.236 e. The van der Waals surface area contributed by atoms with Crippen LogP contribution in [0.5, 0.6) is 0 Å². The zero-order valence-corrected chi connectivity index (χ0v) is 12.7. The highest BCUT2D eigenvalue weighted by Crippen LogP contribution is 2.49. The third-order valence-electron chi connectivity index (χ3n) is 4.34. The summed E-state index contributed by atoms with van der Waals surface area (Å²) in [6.07, 6.45) is 3.12. The van der Waals surface area contributed by atoms with E-state index in [1.165, 1.54) is 0 Å². The first-order valence-corrected chi connectivity index (χ1v) is 7.57. The Morgan fingerprint density at radius 3 is 2.70 bits per heavy atom. The molecule has 5 heteroatoms. The molecule has 1 N–H and O–H groups in total. The quantitative estimate of drug-likeness (QED) is 0.793. The van der Waals surface area contributed by atoms with Gasteiger partial charge in [-0.05, 0) is 43.5 Å². The van der Waals surface area contributed by atoms with Crippen molar-refractivity contribution in [1.29, 1.82) is 0 Å². The van der Waals surface area contributed by atoms with Gasteiger partial charge in [0.1, 0.15) is 0 Å². The number of furan rings is 1. The third kappa shape index (κ3) is 2.34. The Morgan fingerprint density at radius 2 is 2.00 bits per heavy atom. The maximum atomic E-state index is 12.7. The summed E-state index contributed by atoms with van der Waals surface area (Å²) in [5, 5.41) is 7.11. The molecule has 1 aliphatic carbocycles. The zero-order valence-electron chi connectivity index (χ0n) is 12.7. The number of amides is 1. The highest BCUT2D eigenvalue weighted by Gasteiger charge is 2.54. The van der Waals surface area contributed by atoms with E-state index in [0.717, 1.165) is 24.1 Å². The van der Waals surface area contributed by atoms with Crippen molar-refractivity contribution in [3.63, 3.8) is 0 Å². The van der Waals surface area contributed by atoms with Gasteiger partial charge in [0, 0.05) is 11.8 Å². The molecule has 0 unspecified atom stereocenters. The second-order valence-corrected chi connectivity index (χ2v) is 5.90. The van der Waals surface area contributed by atoms with Crippen LogP contribution in [0.3, 0.4) is 0 Å². The number of nitrogens with zero attached hydrogens (tertiary/aromatic N) is 1. The minimum Gasteiger partial charge on any atom is -0.461 e. The topological polar surface area (TPSA) is 68.3 Å². The van der Waals surface area contributed by atoms with Crippen LogP contribution in [0.25, 0.3) is 11.5 Å². The Labute approximate surface area is 133 Å². The molecule has 4 rings (SSSR count). The lowest BCUT2D eigenvalue weighted by molar-refractivity contribution is -0.118. The summed E-state index contributed by atoms with van der Waals surface area (Å²) in [4.78, 5) is 12.7. The fraction of sp³-hybridized carbons (Fsp3) is 0.222. The van der Waals surface area contributed by atoms with E-state index in [4.69, 9.17) is 8.94 Å². The van der Waals surface area contributed by atoms with Gasteiger partial charge in [0.25, 0.3) is 0 Å². The highest BCUT2D eigenvalue weighted by molar-refractivity contribution is 6.01. The van der Waals surface area contributed by atoms with E-state index in [0.29, 0.717) is 17.2 Å². The summed E-state index contributed by atoms with van der Waals surface area (Å²) in [6.45, 7) is 1.97. The van der Waals surface area contributed by atoms with E-state index in [-0.39, 0.29) is 5.91 Å². The van der Waals surface area contributed by atoms with Crippen molar-refractivity contribution >= 4 is 11.6 Å². The number of benzene rings is 1. The minimum atomic E-state index is -0.587. The van der Waals surface area contributed by atoms with Gasteiger partial charge >= 0.3 is 0 Å². The maximum absolute atomic E-state index is 12.7. The second-order valence-electron chi connectivity index (χ2n) is 5.90. The SMILES string of the molecule is Cc1ccccc1NC(=O)C1(c2cc(-c3ccco3)on2)CC1. The van der Waals surface area contributed by atoms with E-state index in [2.05, 4.69) is 10.5 Å². The molecule has 116 valence electrons. The van der Waals surface area contributed by atoms with E-state index >= 15 is 0 Å². The third-order valence-corrected chi connectivity index (χ3v) is 4.34. The van der Waals surface area contributed by atoms with Crippen LogP contribution in [0.15, 0.2) is 57.7 Å². The molecule has 1 amide bonds. The van der Waals surface area contributed by atoms with Gasteiger partial charge in [0.05, 0.1) is 17.4 Å². The zero-order chi connectivity index (χ0) is 15.9. The molecule has 2 aromatic heterocycles. The van der Waals surface area contributed by atoms with Gasteiger partial charge in [0.2, 0.25) is 11.7 Å². The summed E-state index contributed by atoms with van der Waals surface area (Å²) in [5.41, 5.74) is 1.94. The Bertz CT molecular complexity index is 845. The van der Waals surface area contributed by atoms with Crippen LogP contribution in [0.4, 0.5) is 5.69 Å². The van der Waals surface area contributed by atoms with Crippen molar-refractivity contribution in [3.8, 4) is 11.5 Å². The first kappa shape index (κ1) is 13.8. The van der Waals surface area contributed by atoms with Crippen molar-refractivity contribution in [2.24, 2.45) is 0 Å². The number of carbonyl (C=O) groups is 1. The van der Waals surface area contributed by atoms with Crippen molar-refractivity contribution in [2.45, 2.75) is 25.2 Å². The van der Waals surface area contributed by atoms with Crippen LogP contribution < -0.4 is 5.32 Å². The van der Waals surface area contributed by atoms with Gasteiger partial charge in [-0.2, -0.15) is 0 Å². The Morgan fingerprint density at radius 1 is 1.17 bits per heavy atom. The van der Waals surface area contributed by atoms with E-state index in [1.807, 2.05) is 31.2 Å². The molecule has 0 aliphatic heterocycles. The fourth-order valence-corrected chi connectivity index (χ4v) is 2.72. The molecule has 1 aromatic carbocycles. The monoisotopic (exact) mass is 308 g/mol. The van der Waals surface area contributed by atoms with E-state index < -0.39 is 5.41 Å². The number of para-hydroxylation sites is 1. The standard InChI is InChI=1S/C18H16N2O3/c1-12-5-2-3-6-13(12)19-17(21)18(8-9-18)16-11-15(23-20-16)14-7-4-10-22-14/h2-7,10-11H,8-9H2,1H3,(H,19,21). The average molecular weight is 308 g/mol. The first-order valence-electron chi connectivity index (χ1n) is 7.57. The summed E-state index contributed by atoms with van der Waals surface area (Å²) >= 11 is 0. The normalized spacial score (nSPS) is 15.3. The Kier molecular flexibility index (Phi) is 3.08. The number of aromatic nitrogens is 1. The molecule has 1 saturated carbocycles. The number of hydrogen-bond donors (Lipinski definition) is 1. The van der Waals surface area contributed by atoms with Crippen LogP contribution >= 0.6 is 0 Å². The first-order chi connectivity index (χ1) is 11.2. The molecule has 5 nitrogen and oxygen atoms in total. The summed E-state index contributed by atoms with van der Waals surface area (Å²) < 4.78 is 10.6. The van der Waals surface area contributed by atoms with Crippen LogP contribution in [0.2, 0.25) is 0 Å². The lowest BCUT2D eigenvalue weighted by Gasteiger charge is -2.13. The van der Waals surface area contributed by atoms with Crippen molar-refractivity contribution in [3.05, 3.63) is 60.0 Å². The largest absolute Gasteiger partial charge is 0.461 e. The minimum absolute atomic E-state index is 0.0360. The number of hydrogen-bond acceptors (Lipinski definition) is 4. The van der Waals surface area contributed by atoms with Crippen LogP contribution in [-0.4, -0.2) is 11.1 Å². The van der Waals surface area contributed by atoms with Crippen molar-refractivity contribution in [2.75, 3.05) is 5.32 Å². The highest BCUT2D eigenvalue weighted by atomic mass is 16.5. The van der Waals surface area contributed by atoms with Gasteiger partial charge in [0.15, 0.2) is 5.76 Å². The molecule has 2 heterocycles. The average Bonchev–Trinajstić information content (AvgIpc) is 2.99. The molecule has 3 aromatic rings. The van der Waals surface area contributed by atoms with Crippen LogP contribution in [0.1, 0.15) is 24.1 Å². The Hall–Kier alpha value is -2.82. The molecule has 0 radical (unpaired) electrons. The van der Waals surface area contributed by atoms with Gasteiger partial charge in [-0.3, -0.25) is 4.79 Å². The molecule has 0 atom stereocenters. The van der Waals surface area contributed by atoms with Gasteiger partial charge in [-0.15, -0.1) is 0 Å².